The molecule has 1 aromatic rings. The smallest absolute Gasteiger partial charge is 0.126 e. The van der Waals surface area contributed by atoms with Crippen molar-refractivity contribution in [3.63, 3.8) is 0 Å². The fourth-order valence-electron chi connectivity index (χ4n) is 3.05. The first-order chi connectivity index (χ1) is 10.3. The minimum absolute atomic E-state index is 0.467. The predicted octanol–water partition coefficient (Wildman–Crippen LogP) is 1.88. The third-order valence-electron chi connectivity index (χ3n) is 4.24. The molecule has 0 amide bonds. The quantitative estimate of drug-likeness (QED) is 0.900. The van der Waals surface area contributed by atoms with Gasteiger partial charge in [-0.25, -0.2) is 4.98 Å². The molecule has 5 nitrogen and oxygen atoms in total. The summed E-state index contributed by atoms with van der Waals surface area (Å²) in [4.78, 5) is 6.82. The Morgan fingerprint density at radius 2 is 2.14 bits per heavy atom. The van der Waals surface area contributed by atoms with Crippen molar-refractivity contribution in [3.8, 4) is 0 Å². The van der Waals surface area contributed by atoms with Gasteiger partial charge in [-0.2, -0.15) is 0 Å². The van der Waals surface area contributed by atoms with Gasteiger partial charge in [-0.3, -0.25) is 4.90 Å². The maximum absolute atomic E-state index is 5.87. The standard InChI is InChI=1S/C15H22ClN3O2/c16-13-1-2-15(17-9-13)18-10-14(12-3-6-21-11-12)19-4-7-20-8-5-19/h1-2,9,12,14H,3-8,10-11H2,(H,17,18)/t12-,14+/m1/s1. The molecular formula is C15H22ClN3O2. The first-order valence-corrected chi connectivity index (χ1v) is 7.96. The molecule has 2 saturated heterocycles. The summed E-state index contributed by atoms with van der Waals surface area (Å²) in [5, 5.41) is 4.10. The van der Waals surface area contributed by atoms with Crippen molar-refractivity contribution in [2.45, 2.75) is 12.5 Å². The monoisotopic (exact) mass is 311 g/mol. The lowest BCUT2D eigenvalue weighted by atomic mass is 9.97. The number of halogens is 1. The first kappa shape index (κ1) is 15.0. The Bertz CT molecular complexity index is 431. The molecule has 116 valence electrons. The number of pyridine rings is 1. The molecule has 1 N–H and O–H groups in total. The summed E-state index contributed by atoms with van der Waals surface area (Å²) in [5.74, 6) is 1.46. The van der Waals surface area contributed by atoms with Crippen LogP contribution in [0.25, 0.3) is 0 Å². The van der Waals surface area contributed by atoms with Crippen LogP contribution in [0.2, 0.25) is 5.02 Å². The number of anilines is 1. The van der Waals surface area contributed by atoms with Crippen LogP contribution in [-0.2, 0) is 9.47 Å². The van der Waals surface area contributed by atoms with Gasteiger partial charge in [0.25, 0.3) is 0 Å². The summed E-state index contributed by atoms with van der Waals surface area (Å²) in [6.45, 7) is 6.26. The Hall–Kier alpha value is -0.880. The molecule has 0 radical (unpaired) electrons. The second kappa shape index (κ2) is 7.40. The van der Waals surface area contributed by atoms with Crippen molar-refractivity contribution in [1.29, 1.82) is 0 Å². The van der Waals surface area contributed by atoms with Gasteiger partial charge >= 0.3 is 0 Å². The normalized spacial score (nSPS) is 24.9. The van der Waals surface area contributed by atoms with E-state index in [0.717, 1.165) is 58.3 Å². The number of nitrogens with zero attached hydrogens (tertiary/aromatic N) is 2. The van der Waals surface area contributed by atoms with E-state index in [1.165, 1.54) is 0 Å². The second-order valence-corrected chi connectivity index (χ2v) is 6.02. The second-order valence-electron chi connectivity index (χ2n) is 5.58. The number of rotatable bonds is 5. The molecular weight excluding hydrogens is 290 g/mol. The molecule has 21 heavy (non-hydrogen) atoms. The lowest BCUT2D eigenvalue weighted by Crippen LogP contribution is -2.50. The van der Waals surface area contributed by atoms with Crippen molar-refractivity contribution in [1.82, 2.24) is 9.88 Å². The molecule has 1 aromatic heterocycles. The molecule has 3 rings (SSSR count). The summed E-state index contributed by atoms with van der Waals surface area (Å²) in [6, 6.07) is 4.25. The maximum atomic E-state index is 5.87. The van der Waals surface area contributed by atoms with E-state index in [2.05, 4.69) is 15.2 Å². The van der Waals surface area contributed by atoms with E-state index < -0.39 is 0 Å². The summed E-state index contributed by atoms with van der Waals surface area (Å²) in [7, 11) is 0. The van der Waals surface area contributed by atoms with Crippen molar-refractivity contribution in [2.24, 2.45) is 5.92 Å². The first-order valence-electron chi connectivity index (χ1n) is 7.58. The van der Waals surface area contributed by atoms with Crippen LogP contribution in [0.1, 0.15) is 6.42 Å². The third kappa shape index (κ3) is 4.07. The van der Waals surface area contributed by atoms with Crippen molar-refractivity contribution >= 4 is 17.4 Å². The van der Waals surface area contributed by atoms with Crippen molar-refractivity contribution in [3.05, 3.63) is 23.4 Å². The summed E-state index contributed by atoms with van der Waals surface area (Å²) in [5.41, 5.74) is 0. The molecule has 0 saturated carbocycles. The largest absolute Gasteiger partial charge is 0.381 e. The lowest BCUT2D eigenvalue weighted by molar-refractivity contribution is 0.00460. The van der Waals surface area contributed by atoms with E-state index >= 15 is 0 Å². The van der Waals surface area contributed by atoms with Crippen molar-refractivity contribution < 1.29 is 9.47 Å². The zero-order chi connectivity index (χ0) is 14.5. The van der Waals surface area contributed by atoms with Crippen LogP contribution in [0.5, 0.6) is 0 Å². The number of morpholine rings is 1. The molecule has 0 spiro atoms. The van der Waals surface area contributed by atoms with Crippen LogP contribution in [0.15, 0.2) is 18.3 Å². The number of nitrogens with one attached hydrogen (secondary N) is 1. The van der Waals surface area contributed by atoms with Gasteiger partial charge in [0.1, 0.15) is 5.82 Å². The van der Waals surface area contributed by atoms with Gasteiger partial charge in [-0.1, -0.05) is 11.6 Å². The van der Waals surface area contributed by atoms with Gasteiger partial charge in [0.15, 0.2) is 0 Å². The lowest BCUT2D eigenvalue weighted by Gasteiger charge is -2.37. The summed E-state index contributed by atoms with van der Waals surface area (Å²) >= 11 is 5.87. The zero-order valence-electron chi connectivity index (χ0n) is 12.1. The Labute approximate surface area is 130 Å². The number of ether oxygens (including phenoxy) is 2. The van der Waals surface area contributed by atoms with Crippen LogP contribution in [0, 0.1) is 5.92 Å². The highest BCUT2D eigenvalue weighted by atomic mass is 35.5. The maximum Gasteiger partial charge on any atom is 0.126 e. The topological polar surface area (TPSA) is 46.6 Å². The molecule has 2 atom stereocenters. The minimum atomic E-state index is 0.467. The molecule has 2 aliphatic heterocycles. The number of aromatic nitrogens is 1. The van der Waals surface area contributed by atoms with Gasteiger partial charge in [0.2, 0.25) is 0 Å². The third-order valence-corrected chi connectivity index (χ3v) is 4.47. The van der Waals surface area contributed by atoms with Crippen LogP contribution in [0.3, 0.4) is 0 Å². The molecule has 0 unspecified atom stereocenters. The van der Waals surface area contributed by atoms with E-state index in [0.29, 0.717) is 17.0 Å². The molecule has 0 aliphatic carbocycles. The molecule has 0 aromatic carbocycles. The SMILES string of the molecule is Clc1ccc(NC[C@@H]([C@@H]2CCOC2)N2CCOCC2)nc1. The Balaban J connectivity index is 1.62. The van der Waals surface area contributed by atoms with Crippen LogP contribution in [-0.4, -0.2) is 62.0 Å². The molecule has 2 fully saturated rings. The van der Waals surface area contributed by atoms with E-state index in [4.69, 9.17) is 21.1 Å². The Morgan fingerprint density at radius 1 is 1.29 bits per heavy atom. The summed E-state index contributed by atoms with van der Waals surface area (Å²) < 4.78 is 11.0. The van der Waals surface area contributed by atoms with E-state index in [-0.39, 0.29) is 0 Å². The van der Waals surface area contributed by atoms with Crippen LogP contribution in [0.4, 0.5) is 5.82 Å². The highest BCUT2D eigenvalue weighted by Gasteiger charge is 2.31. The Morgan fingerprint density at radius 3 is 2.81 bits per heavy atom. The molecule has 0 bridgehead atoms. The van der Waals surface area contributed by atoms with E-state index in [1.807, 2.05) is 12.1 Å². The van der Waals surface area contributed by atoms with E-state index in [9.17, 15) is 0 Å². The number of hydrogen-bond donors (Lipinski definition) is 1. The van der Waals surface area contributed by atoms with Gasteiger partial charge < -0.3 is 14.8 Å². The average molecular weight is 312 g/mol. The Kier molecular flexibility index (Phi) is 5.30. The fraction of sp³-hybridized carbons (Fsp3) is 0.667. The fourth-order valence-corrected chi connectivity index (χ4v) is 3.16. The van der Waals surface area contributed by atoms with Crippen LogP contribution < -0.4 is 5.32 Å². The predicted molar refractivity (Wildman–Crippen MR) is 82.8 cm³/mol. The highest BCUT2D eigenvalue weighted by molar-refractivity contribution is 6.30. The number of hydrogen-bond acceptors (Lipinski definition) is 5. The van der Waals surface area contributed by atoms with Gasteiger partial charge in [0.05, 0.1) is 24.8 Å². The molecule has 2 aliphatic rings. The zero-order valence-corrected chi connectivity index (χ0v) is 12.9. The highest BCUT2D eigenvalue weighted by Crippen LogP contribution is 2.22. The minimum Gasteiger partial charge on any atom is -0.381 e. The van der Waals surface area contributed by atoms with E-state index in [1.54, 1.807) is 6.20 Å². The summed E-state index contributed by atoms with van der Waals surface area (Å²) in [6.07, 6.45) is 2.81. The van der Waals surface area contributed by atoms with Crippen LogP contribution >= 0.6 is 11.6 Å². The van der Waals surface area contributed by atoms with Crippen molar-refractivity contribution in [2.75, 3.05) is 51.4 Å². The molecule has 6 heteroatoms. The van der Waals surface area contributed by atoms with Gasteiger partial charge in [0, 0.05) is 44.4 Å². The molecule has 3 heterocycles. The van der Waals surface area contributed by atoms with Gasteiger partial charge in [-0.05, 0) is 18.6 Å². The van der Waals surface area contributed by atoms with Gasteiger partial charge in [-0.15, -0.1) is 0 Å². The average Bonchev–Trinajstić information content (AvgIpc) is 3.05.